The van der Waals surface area contributed by atoms with Crippen LogP contribution in [-0.2, 0) is 4.74 Å². The van der Waals surface area contributed by atoms with Crippen LogP contribution in [0.4, 0.5) is 11.8 Å². The summed E-state index contributed by atoms with van der Waals surface area (Å²) in [6, 6.07) is 0. The monoisotopic (exact) mass is 266 g/mol. The number of hydrogen-bond acceptors (Lipinski definition) is 8. The zero-order valence-corrected chi connectivity index (χ0v) is 9.97. The summed E-state index contributed by atoms with van der Waals surface area (Å²) < 4.78 is 7.16. The zero-order chi connectivity index (χ0) is 13.6. The highest BCUT2D eigenvalue weighted by atomic mass is 16.5. The van der Waals surface area contributed by atoms with Crippen molar-refractivity contribution in [2.24, 2.45) is 0 Å². The molecule has 2 aromatic heterocycles. The average Bonchev–Trinajstić information content (AvgIpc) is 2.92. The summed E-state index contributed by atoms with van der Waals surface area (Å²) >= 11 is 0. The number of nitrogens with zero attached hydrogens (tertiary/aromatic N) is 4. The summed E-state index contributed by atoms with van der Waals surface area (Å²) in [4.78, 5) is 12.0. The fourth-order valence-corrected chi connectivity index (χ4v) is 2.22. The van der Waals surface area contributed by atoms with Gasteiger partial charge in [0.1, 0.15) is 17.8 Å². The molecule has 9 heteroatoms. The molecule has 0 saturated carbocycles. The molecule has 0 radical (unpaired) electrons. The van der Waals surface area contributed by atoms with Crippen molar-refractivity contribution in [1.29, 1.82) is 0 Å². The van der Waals surface area contributed by atoms with Gasteiger partial charge in [-0.25, -0.2) is 4.98 Å². The number of aliphatic hydroxyl groups is 2. The Morgan fingerprint density at radius 1 is 1.42 bits per heavy atom. The van der Waals surface area contributed by atoms with Crippen molar-refractivity contribution in [1.82, 2.24) is 19.5 Å². The van der Waals surface area contributed by atoms with Crippen LogP contribution in [0.25, 0.3) is 11.2 Å². The number of ether oxygens (including phenoxy) is 1. The van der Waals surface area contributed by atoms with Crippen molar-refractivity contribution >= 4 is 22.9 Å². The smallest absolute Gasteiger partial charge is 0.224 e. The van der Waals surface area contributed by atoms with Gasteiger partial charge in [0.2, 0.25) is 5.95 Å². The molecule has 0 amide bonds. The molecule has 1 aliphatic rings. The lowest BCUT2D eigenvalue weighted by Crippen LogP contribution is -2.24. The first-order valence-corrected chi connectivity index (χ1v) is 5.80. The summed E-state index contributed by atoms with van der Waals surface area (Å²) in [7, 11) is 0. The highest BCUT2D eigenvalue weighted by molar-refractivity contribution is 5.82. The molecule has 3 rings (SSSR count). The number of nitrogen functional groups attached to an aromatic ring is 2. The molecule has 102 valence electrons. The molecular formula is C10H14N6O3. The van der Waals surface area contributed by atoms with Crippen molar-refractivity contribution in [3.8, 4) is 0 Å². The first-order valence-electron chi connectivity index (χ1n) is 5.80. The number of imidazole rings is 1. The van der Waals surface area contributed by atoms with Crippen LogP contribution >= 0.6 is 0 Å². The molecule has 19 heavy (non-hydrogen) atoms. The van der Waals surface area contributed by atoms with E-state index in [9.17, 15) is 5.11 Å². The van der Waals surface area contributed by atoms with E-state index in [4.69, 9.17) is 21.3 Å². The zero-order valence-electron chi connectivity index (χ0n) is 9.97. The van der Waals surface area contributed by atoms with Crippen molar-refractivity contribution in [3.05, 3.63) is 6.33 Å². The number of hydrogen-bond donors (Lipinski definition) is 4. The molecule has 1 aliphatic heterocycles. The standard InChI is InChI=1S/C10H14N6O3/c11-8-7-9(15-10(12)14-8)16(3-13-7)6-1-4(18)5(2-17)19-6/h3-6,17-18H,1-2H2,(H4,11,12,14,15)/t4-,5+,6+/m0/s1. The average molecular weight is 266 g/mol. The number of aromatic nitrogens is 4. The Morgan fingerprint density at radius 3 is 2.89 bits per heavy atom. The van der Waals surface area contributed by atoms with Gasteiger partial charge in [-0.15, -0.1) is 0 Å². The Bertz CT molecular complexity index is 615. The van der Waals surface area contributed by atoms with Gasteiger partial charge in [-0.1, -0.05) is 0 Å². The van der Waals surface area contributed by atoms with E-state index >= 15 is 0 Å². The Hall–Kier alpha value is -1.97. The van der Waals surface area contributed by atoms with Gasteiger partial charge in [-0.2, -0.15) is 9.97 Å². The quantitative estimate of drug-likeness (QED) is 0.521. The largest absolute Gasteiger partial charge is 0.394 e. The molecule has 3 heterocycles. The molecule has 1 fully saturated rings. The third-order valence-electron chi connectivity index (χ3n) is 3.16. The van der Waals surface area contributed by atoms with Crippen LogP contribution in [0.15, 0.2) is 6.33 Å². The molecule has 0 spiro atoms. The minimum Gasteiger partial charge on any atom is -0.394 e. The fraction of sp³-hybridized carbons (Fsp3) is 0.500. The van der Waals surface area contributed by atoms with Crippen LogP contribution in [0.5, 0.6) is 0 Å². The lowest BCUT2D eigenvalue weighted by molar-refractivity contribution is -0.0432. The molecule has 9 nitrogen and oxygen atoms in total. The summed E-state index contributed by atoms with van der Waals surface area (Å²) in [6.45, 7) is -0.246. The maximum absolute atomic E-state index is 9.74. The minimum absolute atomic E-state index is 0.0454. The third-order valence-corrected chi connectivity index (χ3v) is 3.16. The van der Waals surface area contributed by atoms with E-state index in [1.165, 1.54) is 6.33 Å². The second-order valence-corrected chi connectivity index (χ2v) is 4.41. The van der Waals surface area contributed by atoms with Gasteiger partial charge < -0.3 is 26.4 Å². The van der Waals surface area contributed by atoms with Crippen LogP contribution in [-0.4, -0.2) is 48.5 Å². The Kier molecular flexibility index (Phi) is 2.73. The van der Waals surface area contributed by atoms with E-state index in [-0.39, 0.29) is 18.4 Å². The van der Waals surface area contributed by atoms with Crippen LogP contribution in [0, 0.1) is 0 Å². The number of fused-ring (bicyclic) bond motifs is 1. The lowest BCUT2D eigenvalue weighted by atomic mass is 10.2. The van der Waals surface area contributed by atoms with Crippen molar-refractivity contribution in [2.75, 3.05) is 18.1 Å². The molecule has 2 aromatic rings. The van der Waals surface area contributed by atoms with Gasteiger partial charge in [0.05, 0.1) is 19.0 Å². The molecule has 0 aromatic carbocycles. The highest BCUT2D eigenvalue weighted by Gasteiger charge is 2.35. The predicted molar refractivity (Wildman–Crippen MR) is 65.8 cm³/mol. The first kappa shape index (κ1) is 12.1. The van der Waals surface area contributed by atoms with Crippen LogP contribution in [0.1, 0.15) is 12.6 Å². The lowest BCUT2D eigenvalue weighted by Gasteiger charge is -2.13. The SMILES string of the molecule is Nc1nc(N)c2ncn([C@H]3C[C@H](O)[C@@H](CO)O3)c2n1. The predicted octanol–water partition coefficient (Wildman–Crippen LogP) is -1.37. The number of anilines is 2. The Labute approximate surface area is 107 Å². The van der Waals surface area contributed by atoms with Crippen LogP contribution in [0.3, 0.4) is 0 Å². The normalized spacial score (nSPS) is 27.2. The topological polar surface area (TPSA) is 145 Å². The van der Waals surface area contributed by atoms with Crippen LogP contribution < -0.4 is 11.5 Å². The fourth-order valence-electron chi connectivity index (χ4n) is 2.22. The highest BCUT2D eigenvalue weighted by Crippen LogP contribution is 2.31. The minimum atomic E-state index is -0.732. The maximum atomic E-state index is 9.74. The second kappa shape index (κ2) is 4.30. The summed E-state index contributed by atoms with van der Waals surface area (Å²) in [5.41, 5.74) is 12.1. The van der Waals surface area contributed by atoms with Gasteiger partial charge >= 0.3 is 0 Å². The summed E-state index contributed by atoms with van der Waals surface area (Å²) in [5, 5.41) is 18.8. The van der Waals surface area contributed by atoms with Crippen molar-refractivity contribution in [2.45, 2.75) is 24.9 Å². The molecule has 1 saturated heterocycles. The molecule has 0 unspecified atom stereocenters. The van der Waals surface area contributed by atoms with Gasteiger partial charge in [-0.3, -0.25) is 4.57 Å². The van der Waals surface area contributed by atoms with E-state index in [0.29, 0.717) is 17.6 Å². The van der Waals surface area contributed by atoms with Gasteiger partial charge in [0, 0.05) is 6.42 Å². The summed E-state index contributed by atoms with van der Waals surface area (Å²) in [5.74, 6) is 0.238. The van der Waals surface area contributed by atoms with Crippen molar-refractivity contribution in [3.63, 3.8) is 0 Å². The van der Waals surface area contributed by atoms with E-state index in [0.717, 1.165) is 0 Å². The Morgan fingerprint density at radius 2 is 2.21 bits per heavy atom. The maximum Gasteiger partial charge on any atom is 0.224 e. The molecule has 0 bridgehead atoms. The molecular weight excluding hydrogens is 252 g/mol. The van der Waals surface area contributed by atoms with Gasteiger partial charge in [0.15, 0.2) is 11.5 Å². The molecule has 6 N–H and O–H groups in total. The molecule has 0 aliphatic carbocycles. The number of nitrogens with two attached hydrogens (primary N) is 2. The summed E-state index contributed by atoms with van der Waals surface area (Å²) in [6.07, 6.45) is 0.0288. The van der Waals surface area contributed by atoms with E-state index < -0.39 is 18.4 Å². The van der Waals surface area contributed by atoms with Crippen LogP contribution in [0.2, 0.25) is 0 Å². The third kappa shape index (κ3) is 1.87. The van der Waals surface area contributed by atoms with Gasteiger partial charge in [-0.05, 0) is 0 Å². The molecule has 3 atom stereocenters. The van der Waals surface area contributed by atoms with Crippen molar-refractivity contribution < 1.29 is 14.9 Å². The van der Waals surface area contributed by atoms with E-state index in [1.807, 2.05) is 0 Å². The Balaban J connectivity index is 2.02. The number of rotatable bonds is 2. The first-order chi connectivity index (χ1) is 9.10. The second-order valence-electron chi connectivity index (χ2n) is 4.41. The van der Waals surface area contributed by atoms with E-state index in [1.54, 1.807) is 4.57 Å². The van der Waals surface area contributed by atoms with Gasteiger partial charge in [0.25, 0.3) is 0 Å². The number of aliphatic hydroxyl groups excluding tert-OH is 2. The van der Waals surface area contributed by atoms with E-state index in [2.05, 4.69) is 15.0 Å².